The van der Waals surface area contributed by atoms with Gasteiger partial charge >= 0.3 is 0 Å². The molecule has 0 aromatic rings. The summed E-state index contributed by atoms with van der Waals surface area (Å²) in [5.41, 5.74) is 0.662. The van der Waals surface area contributed by atoms with Gasteiger partial charge in [-0.2, -0.15) is 0 Å². The molecule has 1 aliphatic heterocycles. The molecule has 0 aromatic carbocycles. The first-order valence-electron chi connectivity index (χ1n) is 8.01. The molecule has 0 aromatic heterocycles. The molecular formula is C17H31N. The minimum absolute atomic E-state index is 0.662. The van der Waals surface area contributed by atoms with E-state index in [9.17, 15) is 0 Å². The van der Waals surface area contributed by atoms with Crippen LogP contribution in [-0.4, -0.2) is 24.5 Å². The van der Waals surface area contributed by atoms with E-state index in [-0.39, 0.29) is 0 Å². The first kappa shape index (κ1) is 14.1. The normalized spacial score (nSPS) is 33.6. The lowest BCUT2D eigenvalue weighted by molar-refractivity contribution is 0.224. The molecule has 2 fully saturated rings. The van der Waals surface area contributed by atoms with Gasteiger partial charge in [-0.3, -0.25) is 0 Å². The Morgan fingerprint density at radius 1 is 1.44 bits per heavy atom. The van der Waals surface area contributed by atoms with Gasteiger partial charge in [-0.15, -0.1) is 6.58 Å². The van der Waals surface area contributed by atoms with Gasteiger partial charge < -0.3 is 4.90 Å². The van der Waals surface area contributed by atoms with E-state index in [1.54, 1.807) is 0 Å². The molecule has 1 saturated carbocycles. The summed E-state index contributed by atoms with van der Waals surface area (Å²) >= 11 is 0. The van der Waals surface area contributed by atoms with E-state index in [2.05, 4.69) is 31.4 Å². The number of hydrogen-bond donors (Lipinski definition) is 0. The Balaban J connectivity index is 1.83. The second-order valence-corrected chi connectivity index (χ2v) is 6.96. The highest BCUT2D eigenvalue weighted by Gasteiger charge is 2.45. The van der Waals surface area contributed by atoms with E-state index in [0.29, 0.717) is 5.41 Å². The summed E-state index contributed by atoms with van der Waals surface area (Å²) in [4.78, 5) is 2.77. The van der Waals surface area contributed by atoms with Crippen LogP contribution in [0.4, 0.5) is 0 Å². The predicted octanol–water partition coefficient (Wildman–Crippen LogP) is 4.49. The lowest BCUT2D eigenvalue weighted by Gasteiger charge is -2.26. The zero-order valence-electron chi connectivity index (χ0n) is 12.5. The zero-order valence-corrected chi connectivity index (χ0v) is 12.5. The van der Waals surface area contributed by atoms with E-state index in [0.717, 1.165) is 11.8 Å². The second-order valence-electron chi connectivity index (χ2n) is 6.96. The Bertz CT molecular complexity index is 273. The van der Waals surface area contributed by atoms with Gasteiger partial charge in [0.1, 0.15) is 0 Å². The van der Waals surface area contributed by atoms with Crippen molar-refractivity contribution in [2.24, 2.45) is 17.3 Å². The molecule has 0 spiro atoms. The van der Waals surface area contributed by atoms with Crippen molar-refractivity contribution in [1.82, 2.24) is 4.90 Å². The molecule has 3 atom stereocenters. The zero-order chi connectivity index (χ0) is 13.0. The maximum absolute atomic E-state index is 3.87. The molecule has 1 saturated heterocycles. The van der Waals surface area contributed by atoms with E-state index in [4.69, 9.17) is 0 Å². The molecule has 0 bridgehead atoms. The van der Waals surface area contributed by atoms with Crippen LogP contribution in [0, 0.1) is 17.3 Å². The molecular weight excluding hydrogens is 218 g/mol. The molecule has 2 aliphatic rings. The van der Waals surface area contributed by atoms with Crippen molar-refractivity contribution in [2.75, 3.05) is 19.6 Å². The molecule has 1 heteroatoms. The predicted molar refractivity (Wildman–Crippen MR) is 79.7 cm³/mol. The number of rotatable bonds is 7. The topological polar surface area (TPSA) is 3.24 Å². The highest BCUT2D eigenvalue weighted by molar-refractivity contribution is 4.98. The number of likely N-dealkylation sites (tertiary alicyclic amines) is 1. The average molecular weight is 249 g/mol. The van der Waals surface area contributed by atoms with Crippen molar-refractivity contribution in [3.8, 4) is 0 Å². The average Bonchev–Trinajstić information content (AvgIpc) is 2.80. The van der Waals surface area contributed by atoms with Gasteiger partial charge in [0.05, 0.1) is 0 Å². The van der Waals surface area contributed by atoms with E-state index < -0.39 is 0 Å². The van der Waals surface area contributed by atoms with Crippen LogP contribution in [0.5, 0.6) is 0 Å². The van der Waals surface area contributed by atoms with Crippen molar-refractivity contribution >= 4 is 0 Å². The highest BCUT2D eigenvalue weighted by atomic mass is 15.2. The Morgan fingerprint density at radius 2 is 2.28 bits per heavy atom. The standard InChI is InChI=1S/C17H31N/c1-4-6-9-15(8-5-2)12-18-13-16-10-7-11-17(16,3)14-18/h4,15-16H,1,5-14H2,2-3H3/t15?,16?,17-/m0/s1. The number of fused-ring (bicyclic) bond motifs is 1. The van der Waals surface area contributed by atoms with Crippen LogP contribution in [0.3, 0.4) is 0 Å². The third kappa shape index (κ3) is 3.17. The van der Waals surface area contributed by atoms with E-state index in [1.165, 1.54) is 64.6 Å². The summed E-state index contributed by atoms with van der Waals surface area (Å²) in [6, 6.07) is 0. The summed E-state index contributed by atoms with van der Waals surface area (Å²) in [6.07, 6.45) is 11.8. The summed E-state index contributed by atoms with van der Waals surface area (Å²) in [6.45, 7) is 12.8. The largest absolute Gasteiger partial charge is 0.302 e. The van der Waals surface area contributed by atoms with Gasteiger partial charge in [-0.1, -0.05) is 32.8 Å². The van der Waals surface area contributed by atoms with Crippen molar-refractivity contribution in [3.63, 3.8) is 0 Å². The van der Waals surface area contributed by atoms with Gasteiger partial charge in [-0.05, 0) is 49.4 Å². The van der Waals surface area contributed by atoms with E-state index in [1.807, 2.05) is 0 Å². The lowest BCUT2D eigenvalue weighted by atomic mass is 9.83. The van der Waals surface area contributed by atoms with Crippen molar-refractivity contribution in [3.05, 3.63) is 12.7 Å². The Kier molecular flexibility index (Phi) is 4.89. The van der Waals surface area contributed by atoms with Crippen LogP contribution in [0.25, 0.3) is 0 Å². The van der Waals surface area contributed by atoms with Crippen LogP contribution in [0.15, 0.2) is 12.7 Å². The summed E-state index contributed by atoms with van der Waals surface area (Å²) in [5.74, 6) is 1.90. The number of hydrogen-bond acceptors (Lipinski definition) is 1. The molecule has 1 heterocycles. The molecule has 0 radical (unpaired) electrons. The summed E-state index contributed by atoms with van der Waals surface area (Å²) < 4.78 is 0. The van der Waals surface area contributed by atoms with Crippen molar-refractivity contribution < 1.29 is 0 Å². The fourth-order valence-corrected chi connectivity index (χ4v) is 4.30. The first-order chi connectivity index (χ1) is 8.68. The SMILES string of the molecule is C=CCCC(CCC)CN1CC2CCC[C@@]2(C)C1. The monoisotopic (exact) mass is 249 g/mol. The Morgan fingerprint density at radius 3 is 2.94 bits per heavy atom. The molecule has 0 N–H and O–H groups in total. The van der Waals surface area contributed by atoms with Gasteiger partial charge in [0, 0.05) is 19.6 Å². The van der Waals surface area contributed by atoms with Gasteiger partial charge in [0.2, 0.25) is 0 Å². The van der Waals surface area contributed by atoms with Gasteiger partial charge in [0.25, 0.3) is 0 Å². The van der Waals surface area contributed by atoms with Gasteiger partial charge in [0.15, 0.2) is 0 Å². The molecule has 1 nitrogen and oxygen atoms in total. The lowest BCUT2D eigenvalue weighted by Crippen LogP contribution is -2.30. The molecule has 0 amide bonds. The van der Waals surface area contributed by atoms with Crippen molar-refractivity contribution in [1.29, 1.82) is 0 Å². The summed E-state index contributed by atoms with van der Waals surface area (Å²) in [7, 11) is 0. The highest BCUT2D eigenvalue weighted by Crippen LogP contribution is 2.48. The van der Waals surface area contributed by atoms with Crippen LogP contribution in [0.2, 0.25) is 0 Å². The van der Waals surface area contributed by atoms with Crippen LogP contribution >= 0.6 is 0 Å². The summed E-state index contributed by atoms with van der Waals surface area (Å²) in [5, 5.41) is 0. The maximum atomic E-state index is 3.87. The van der Waals surface area contributed by atoms with Crippen LogP contribution in [-0.2, 0) is 0 Å². The maximum Gasteiger partial charge on any atom is 0.00387 e. The molecule has 2 unspecified atom stereocenters. The van der Waals surface area contributed by atoms with Crippen molar-refractivity contribution in [2.45, 2.75) is 58.8 Å². The van der Waals surface area contributed by atoms with Crippen LogP contribution < -0.4 is 0 Å². The van der Waals surface area contributed by atoms with E-state index >= 15 is 0 Å². The Hall–Kier alpha value is -0.300. The molecule has 104 valence electrons. The minimum Gasteiger partial charge on any atom is -0.302 e. The minimum atomic E-state index is 0.662. The third-order valence-electron chi connectivity index (χ3n) is 5.34. The molecule has 2 rings (SSSR count). The molecule has 18 heavy (non-hydrogen) atoms. The Labute approximate surface area is 114 Å². The quantitative estimate of drug-likeness (QED) is 0.601. The smallest absolute Gasteiger partial charge is 0.00387 e. The number of nitrogens with zero attached hydrogens (tertiary/aromatic N) is 1. The van der Waals surface area contributed by atoms with Gasteiger partial charge in [-0.25, -0.2) is 0 Å². The fourth-order valence-electron chi connectivity index (χ4n) is 4.30. The number of allylic oxidation sites excluding steroid dienone is 1. The third-order valence-corrected chi connectivity index (χ3v) is 5.34. The van der Waals surface area contributed by atoms with Crippen LogP contribution in [0.1, 0.15) is 58.8 Å². The second kappa shape index (κ2) is 6.23. The molecule has 1 aliphatic carbocycles. The fraction of sp³-hybridized carbons (Fsp3) is 0.882. The first-order valence-corrected chi connectivity index (χ1v) is 8.01.